The molecule has 0 bridgehead atoms. The lowest BCUT2D eigenvalue weighted by molar-refractivity contribution is -0.142. The van der Waals surface area contributed by atoms with Crippen LogP contribution in [-0.4, -0.2) is 11.6 Å². The second-order valence-corrected chi connectivity index (χ2v) is 4.76. The SMILES string of the molecule is CC[C@]12CCC(=O)C[C@H]1CCCC2=O. The van der Waals surface area contributed by atoms with Crippen LogP contribution in [-0.2, 0) is 9.59 Å². The van der Waals surface area contributed by atoms with E-state index >= 15 is 0 Å². The van der Waals surface area contributed by atoms with Gasteiger partial charge < -0.3 is 0 Å². The molecule has 0 saturated heterocycles. The molecule has 2 nitrogen and oxygen atoms in total. The van der Waals surface area contributed by atoms with E-state index in [0.717, 1.165) is 32.1 Å². The maximum Gasteiger partial charge on any atom is 0.139 e. The molecule has 0 aromatic rings. The number of fused-ring (bicyclic) bond motifs is 1. The van der Waals surface area contributed by atoms with Gasteiger partial charge in [-0.2, -0.15) is 0 Å². The number of hydrogen-bond acceptors (Lipinski definition) is 2. The number of Topliss-reactive ketones (excluding diaryl/α,β-unsaturated/α-hetero) is 2. The Hall–Kier alpha value is -0.660. The molecule has 2 aliphatic rings. The van der Waals surface area contributed by atoms with Crippen LogP contribution in [0.3, 0.4) is 0 Å². The highest BCUT2D eigenvalue weighted by atomic mass is 16.1. The lowest BCUT2D eigenvalue weighted by Crippen LogP contribution is -2.45. The van der Waals surface area contributed by atoms with E-state index in [1.807, 2.05) is 0 Å². The Bertz CT molecular complexity index is 269. The largest absolute Gasteiger partial charge is 0.300 e. The van der Waals surface area contributed by atoms with Crippen LogP contribution < -0.4 is 0 Å². The highest BCUT2D eigenvalue weighted by Crippen LogP contribution is 2.49. The molecule has 2 aliphatic carbocycles. The summed E-state index contributed by atoms with van der Waals surface area (Å²) in [6.07, 6.45) is 5.90. The summed E-state index contributed by atoms with van der Waals surface area (Å²) in [4.78, 5) is 23.3. The molecule has 0 unspecified atom stereocenters. The smallest absolute Gasteiger partial charge is 0.139 e. The zero-order valence-electron chi connectivity index (χ0n) is 8.84. The molecule has 2 rings (SSSR count). The van der Waals surface area contributed by atoms with Crippen molar-refractivity contribution in [3.05, 3.63) is 0 Å². The van der Waals surface area contributed by atoms with Gasteiger partial charge in [0.15, 0.2) is 0 Å². The van der Waals surface area contributed by atoms with Crippen molar-refractivity contribution in [1.29, 1.82) is 0 Å². The summed E-state index contributed by atoms with van der Waals surface area (Å²) in [7, 11) is 0. The Labute approximate surface area is 85.1 Å². The summed E-state index contributed by atoms with van der Waals surface area (Å²) in [5.74, 6) is 1.17. The highest BCUT2D eigenvalue weighted by Gasteiger charge is 2.48. The van der Waals surface area contributed by atoms with Gasteiger partial charge in [0.25, 0.3) is 0 Å². The molecule has 14 heavy (non-hydrogen) atoms. The quantitative estimate of drug-likeness (QED) is 0.642. The van der Waals surface area contributed by atoms with Gasteiger partial charge in [-0.25, -0.2) is 0 Å². The maximum atomic E-state index is 12.0. The van der Waals surface area contributed by atoms with E-state index in [1.165, 1.54) is 0 Å². The maximum absolute atomic E-state index is 12.0. The first kappa shape index (κ1) is 9.88. The van der Waals surface area contributed by atoms with E-state index in [1.54, 1.807) is 0 Å². The number of hydrogen-bond donors (Lipinski definition) is 0. The zero-order valence-corrected chi connectivity index (χ0v) is 8.84. The fourth-order valence-corrected chi connectivity index (χ4v) is 3.30. The molecule has 0 N–H and O–H groups in total. The minimum absolute atomic E-state index is 0.105. The van der Waals surface area contributed by atoms with Crippen LogP contribution >= 0.6 is 0 Å². The predicted molar refractivity (Wildman–Crippen MR) is 53.9 cm³/mol. The van der Waals surface area contributed by atoms with Crippen molar-refractivity contribution in [3.8, 4) is 0 Å². The molecular formula is C12H18O2. The van der Waals surface area contributed by atoms with Crippen LogP contribution in [0.4, 0.5) is 0 Å². The summed E-state index contributed by atoms with van der Waals surface area (Å²) < 4.78 is 0. The van der Waals surface area contributed by atoms with E-state index < -0.39 is 0 Å². The van der Waals surface area contributed by atoms with E-state index in [0.29, 0.717) is 30.3 Å². The van der Waals surface area contributed by atoms with Gasteiger partial charge in [-0.3, -0.25) is 9.59 Å². The molecule has 0 amide bonds. The van der Waals surface area contributed by atoms with E-state index in [2.05, 4.69) is 6.92 Å². The van der Waals surface area contributed by atoms with E-state index in [4.69, 9.17) is 0 Å². The van der Waals surface area contributed by atoms with Gasteiger partial charge >= 0.3 is 0 Å². The summed E-state index contributed by atoms with van der Waals surface area (Å²) >= 11 is 0. The van der Waals surface area contributed by atoms with Crippen molar-refractivity contribution in [1.82, 2.24) is 0 Å². The minimum Gasteiger partial charge on any atom is -0.300 e. The van der Waals surface area contributed by atoms with Crippen molar-refractivity contribution in [2.45, 2.75) is 51.9 Å². The molecule has 2 saturated carbocycles. The summed E-state index contributed by atoms with van der Waals surface area (Å²) in [6, 6.07) is 0. The molecule has 0 aromatic carbocycles. The summed E-state index contributed by atoms with van der Waals surface area (Å²) in [6.45, 7) is 2.10. The van der Waals surface area contributed by atoms with Crippen LogP contribution in [0, 0.1) is 11.3 Å². The molecule has 0 aliphatic heterocycles. The second-order valence-electron chi connectivity index (χ2n) is 4.76. The van der Waals surface area contributed by atoms with Crippen LogP contribution in [0.1, 0.15) is 51.9 Å². The third-order valence-corrected chi connectivity index (χ3v) is 4.25. The standard InChI is InChI=1S/C12H18O2/c1-2-12-7-6-10(13)8-9(12)4-3-5-11(12)14/h9H,2-8H2,1H3/t9-,12+/m1/s1. The molecule has 2 atom stereocenters. The van der Waals surface area contributed by atoms with Gasteiger partial charge in [-0.15, -0.1) is 0 Å². The number of rotatable bonds is 1. The minimum atomic E-state index is -0.105. The Kier molecular flexibility index (Phi) is 2.46. The topological polar surface area (TPSA) is 34.1 Å². The molecule has 2 heteroatoms. The van der Waals surface area contributed by atoms with Crippen LogP contribution in [0.15, 0.2) is 0 Å². The van der Waals surface area contributed by atoms with Crippen molar-refractivity contribution >= 4 is 11.6 Å². The first-order chi connectivity index (χ1) is 6.69. The molecular weight excluding hydrogens is 176 g/mol. The first-order valence-electron chi connectivity index (χ1n) is 5.74. The van der Waals surface area contributed by atoms with Crippen LogP contribution in [0.2, 0.25) is 0 Å². The lowest BCUT2D eigenvalue weighted by Gasteiger charge is -2.45. The van der Waals surface area contributed by atoms with Crippen molar-refractivity contribution < 1.29 is 9.59 Å². The second kappa shape index (κ2) is 3.48. The Morgan fingerprint density at radius 3 is 2.86 bits per heavy atom. The normalized spacial score (nSPS) is 38.2. The van der Waals surface area contributed by atoms with E-state index in [-0.39, 0.29) is 5.41 Å². The summed E-state index contributed by atoms with van der Waals surface area (Å²) in [5, 5.41) is 0. The molecule has 0 radical (unpaired) electrons. The third-order valence-electron chi connectivity index (χ3n) is 4.25. The predicted octanol–water partition coefficient (Wildman–Crippen LogP) is 2.51. The average molecular weight is 194 g/mol. The highest BCUT2D eigenvalue weighted by molar-refractivity contribution is 5.90. The molecule has 78 valence electrons. The van der Waals surface area contributed by atoms with Gasteiger partial charge in [0.2, 0.25) is 0 Å². The van der Waals surface area contributed by atoms with E-state index in [9.17, 15) is 9.59 Å². The van der Waals surface area contributed by atoms with Crippen molar-refractivity contribution in [3.63, 3.8) is 0 Å². The Morgan fingerprint density at radius 1 is 1.36 bits per heavy atom. The fraction of sp³-hybridized carbons (Fsp3) is 0.833. The Balaban J connectivity index is 2.26. The van der Waals surface area contributed by atoms with Gasteiger partial charge in [-0.05, 0) is 31.6 Å². The monoisotopic (exact) mass is 194 g/mol. The van der Waals surface area contributed by atoms with Gasteiger partial charge in [0, 0.05) is 24.7 Å². The fourth-order valence-electron chi connectivity index (χ4n) is 3.30. The lowest BCUT2D eigenvalue weighted by atomic mass is 9.57. The van der Waals surface area contributed by atoms with Crippen molar-refractivity contribution in [2.24, 2.45) is 11.3 Å². The van der Waals surface area contributed by atoms with Crippen molar-refractivity contribution in [2.75, 3.05) is 0 Å². The third kappa shape index (κ3) is 1.32. The molecule has 0 aromatic heterocycles. The van der Waals surface area contributed by atoms with Gasteiger partial charge in [-0.1, -0.05) is 6.92 Å². The van der Waals surface area contributed by atoms with Gasteiger partial charge in [0.05, 0.1) is 0 Å². The number of ketones is 2. The first-order valence-corrected chi connectivity index (χ1v) is 5.74. The molecule has 0 spiro atoms. The van der Waals surface area contributed by atoms with Crippen LogP contribution in [0.5, 0.6) is 0 Å². The average Bonchev–Trinajstić information content (AvgIpc) is 2.18. The Morgan fingerprint density at radius 2 is 2.14 bits per heavy atom. The zero-order chi connectivity index (χ0) is 10.2. The number of carbonyl (C=O) groups excluding carboxylic acids is 2. The van der Waals surface area contributed by atoms with Crippen LogP contribution in [0.25, 0.3) is 0 Å². The number of carbonyl (C=O) groups is 2. The molecule has 2 fully saturated rings. The van der Waals surface area contributed by atoms with Gasteiger partial charge in [0.1, 0.15) is 11.6 Å². The summed E-state index contributed by atoms with van der Waals surface area (Å²) in [5.41, 5.74) is -0.105. The molecule has 0 heterocycles.